The molecule has 1 N–H and O–H groups in total. The molecule has 6 nitrogen and oxygen atoms in total. The van der Waals surface area contributed by atoms with Gasteiger partial charge in [-0.1, -0.05) is 13.3 Å². The smallest absolute Gasteiger partial charge is 0.137 e. The van der Waals surface area contributed by atoms with Crippen LogP contribution in [0.25, 0.3) is 11.0 Å². The van der Waals surface area contributed by atoms with Gasteiger partial charge in [0.25, 0.3) is 0 Å². The number of rotatable bonds is 6. The number of aromatic nitrogens is 3. The molecule has 0 aliphatic heterocycles. The molecule has 150 valence electrons. The number of hydrogen-bond donors (Lipinski definition) is 1. The maximum absolute atomic E-state index is 9.22. The van der Waals surface area contributed by atoms with Crippen LogP contribution in [0.5, 0.6) is 5.75 Å². The molecule has 29 heavy (non-hydrogen) atoms. The maximum atomic E-state index is 9.22. The third-order valence-electron chi connectivity index (χ3n) is 6.02. The van der Waals surface area contributed by atoms with Crippen LogP contribution in [0.3, 0.4) is 0 Å². The van der Waals surface area contributed by atoms with Crippen LogP contribution in [0.1, 0.15) is 38.2 Å². The minimum absolute atomic E-state index is 0.216. The summed E-state index contributed by atoms with van der Waals surface area (Å²) < 4.78 is 7.39. The minimum Gasteiger partial charge on any atom is -0.495 e. The fraction of sp³-hybridized carbons (Fsp3) is 0.435. The van der Waals surface area contributed by atoms with E-state index in [0.717, 1.165) is 42.1 Å². The Morgan fingerprint density at radius 2 is 2.21 bits per heavy atom. The fourth-order valence-electron chi connectivity index (χ4n) is 4.55. The van der Waals surface area contributed by atoms with Gasteiger partial charge in [0.05, 0.1) is 42.3 Å². The Labute approximate surface area is 171 Å². The number of nitrogens with zero attached hydrogens (tertiary/aromatic N) is 4. The van der Waals surface area contributed by atoms with Crippen molar-refractivity contribution in [3.05, 3.63) is 48.4 Å². The van der Waals surface area contributed by atoms with Crippen molar-refractivity contribution in [3.8, 4) is 11.8 Å². The van der Waals surface area contributed by atoms with Crippen molar-refractivity contribution >= 4 is 16.9 Å². The highest BCUT2D eigenvalue weighted by Gasteiger charge is 2.32. The topological polar surface area (TPSA) is 75.8 Å². The second-order valence-corrected chi connectivity index (χ2v) is 8.42. The Bertz CT molecular complexity index is 1020. The number of hydrogen-bond acceptors (Lipinski definition) is 5. The number of fused-ring (bicyclic) bond motifs is 1. The molecule has 2 aromatic heterocycles. The Morgan fingerprint density at radius 3 is 2.97 bits per heavy atom. The van der Waals surface area contributed by atoms with Gasteiger partial charge in [-0.05, 0) is 60.9 Å². The minimum atomic E-state index is 0.216. The fourth-order valence-corrected chi connectivity index (χ4v) is 4.55. The summed E-state index contributed by atoms with van der Waals surface area (Å²) in [5, 5.41) is 12.7. The van der Waals surface area contributed by atoms with Crippen LogP contribution in [0.2, 0.25) is 0 Å². The lowest BCUT2D eigenvalue weighted by Crippen LogP contribution is -2.32. The first-order valence-corrected chi connectivity index (χ1v) is 10.2. The standard InChI is InChI=1S/C23H27N5O/c1-23(15-28-16-27-20-7-5-17(12-24)10-21(20)28)9-3-4-18(11-23)13-25-22-8-6-19(29-2)14-26-22/h5-8,10,14,16,18H,3-4,9,11,13,15H2,1-2H3,(H,25,26)/t18?,23-/m0/s1. The summed E-state index contributed by atoms with van der Waals surface area (Å²) in [6.07, 6.45) is 8.50. The van der Waals surface area contributed by atoms with Crippen LogP contribution in [-0.4, -0.2) is 28.2 Å². The van der Waals surface area contributed by atoms with E-state index in [-0.39, 0.29) is 5.41 Å². The first kappa shape index (κ1) is 19.3. The molecule has 1 aliphatic rings. The number of nitrogens with one attached hydrogen (secondary N) is 1. The van der Waals surface area contributed by atoms with E-state index in [2.05, 4.69) is 32.8 Å². The molecule has 0 spiro atoms. The Kier molecular flexibility index (Phi) is 5.39. The van der Waals surface area contributed by atoms with Gasteiger partial charge in [0.15, 0.2) is 0 Å². The maximum Gasteiger partial charge on any atom is 0.137 e. The summed E-state index contributed by atoms with van der Waals surface area (Å²) in [4.78, 5) is 8.93. The van der Waals surface area contributed by atoms with E-state index in [1.165, 1.54) is 19.3 Å². The van der Waals surface area contributed by atoms with Gasteiger partial charge in [0, 0.05) is 13.1 Å². The van der Waals surface area contributed by atoms with Gasteiger partial charge in [-0.15, -0.1) is 0 Å². The molecule has 1 aliphatic carbocycles. The Balaban J connectivity index is 1.42. The van der Waals surface area contributed by atoms with Crippen LogP contribution in [-0.2, 0) is 6.54 Å². The van der Waals surface area contributed by atoms with Gasteiger partial charge in [-0.3, -0.25) is 0 Å². The van der Waals surface area contributed by atoms with Gasteiger partial charge in [-0.2, -0.15) is 5.26 Å². The second-order valence-electron chi connectivity index (χ2n) is 8.42. The van der Waals surface area contributed by atoms with Crippen molar-refractivity contribution in [1.29, 1.82) is 5.26 Å². The van der Waals surface area contributed by atoms with E-state index in [0.29, 0.717) is 11.5 Å². The lowest BCUT2D eigenvalue weighted by atomic mass is 9.70. The van der Waals surface area contributed by atoms with Crippen molar-refractivity contribution in [2.75, 3.05) is 19.0 Å². The zero-order chi connectivity index (χ0) is 20.3. The molecular weight excluding hydrogens is 362 g/mol. The molecule has 0 bridgehead atoms. The number of imidazole rings is 1. The lowest BCUT2D eigenvalue weighted by Gasteiger charge is -2.38. The highest BCUT2D eigenvalue weighted by atomic mass is 16.5. The number of ether oxygens (including phenoxy) is 1. The molecule has 0 saturated heterocycles. The van der Waals surface area contributed by atoms with Crippen molar-refractivity contribution < 1.29 is 4.74 Å². The first-order valence-electron chi connectivity index (χ1n) is 10.2. The third-order valence-corrected chi connectivity index (χ3v) is 6.02. The van der Waals surface area contributed by atoms with Gasteiger partial charge >= 0.3 is 0 Å². The summed E-state index contributed by atoms with van der Waals surface area (Å²) in [6, 6.07) is 11.8. The van der Waals surface area contributed by atoms with Crippen LogP contribution in [0.15, 0.2) is 42.9 Å². The van der Waals surface area contributed by atoms with E-state index >= 15 is 0 Å². The monoisotopic (exact) mass is 389 g/mol. The number of anilines is 1. The normalized spacial score (nSPS) is 21.6. The van der Waals surface area contributed by atoms with Crippen LogP contribution < -0.4 is 10.1 Å². The Morgan fingerprint density at radius 1 is 1.31 bits per heavy atom. The highest BCUT2D eigenvalue weighted by Crippen LogP contribution is 2.41. The average Bonchev–Trinajstić information content (AvgIpc) is 3.14. The summed E-state index contributed by atoms with van der Waals surface area (Å²) in [5.41, 5.74) is 2.90. The van der Waals surface area contributed by atoms with E-state index in [1.807, 2.05) is 36.7 Å². The number of benzene rings is 1. The van der Waals surface area contributed by atoms with Crippen molar-refractivity contribution in [2.45, 2.75) is 39.2 Å². The summed E-state index contributed by atoms with van der Waals surface area (Å²) in [6.45, 7) is 4.23. The molecule has 1 unspecified atom stereocenters. The predicted octanol–water partition coefficient (Wildman–Crippen LogP) is 4.62. The summed E-state index contributed by atoms with van der Waals surface area (Å²) in [5.74, 6) is 2.28. The average molecular weight is 390 g/mol. The molecule has 2 heterocycles. The molecule has 3 aromatic rings. The molecule has 0 amide bonds. The first-order chi connectivity index (χ1) is 14.1. The van der Waals surface area contributed by atoms with Gasteiger partial charge in [0.2, 0.25) is 0 Å². The molecule has 6 heteroatoms. The SMILES string of the molecule is COc1ccc(NCC2CCC[C@](C)(Cn3cnc4ccc(C#N)cc43)C2)nc1. The number of methoxy groups -OCH3 is 1. The van der Waals surface area contributed by atoms with Crippen LogP contribution in [0.4, 0.5) is 5.82 Å². The van der Waals surface area contributed by atoms with Crippen LogP contribution >= 0.6 is 0 Å². The predicted molar refractivity (Wildman–Crippen MR) is 114 cm³/mol. The van der Waals surface area contributed by atoms with Crippen molar-refractivity contribution in [3.63, 3.8) is 0 Å². The lowest BCUT2D eigenvalue weighted by molar-refractivity contribution is 0.141. The molecule has 1 fully saturated rings. The van der Waals surface area contributed by atoms with Gasteiger partial charge in [0.1, 0.15) is 11.6 Å². The van der Waals surface area contributed by atoms with E-state index in [9.17, 15) is 5.26 Å². The van der Waals surface area contributed by atoms with Crippen LogP contribution in [0, 0.1) is 22.7 Å². The highest BCUT2D eigenvalue weighted by molar-refractivity contribution is 5.77. The molecule has 1 aromatic carbocycles. The number of nitriles is 1. The second kappa shape index (κ2) is 8.12. The van der Waals surface area contributed by atoms with E-state index < -0.39 is 0 Å². The molecule has 1 saturated carbocycles. The number of pyridine rings is 1. The largest absolute Gasteiger partial charge is 0.495 e. The van der Waals surface area contributed by atoms with Gasteiger partial charge < -0.3 is 14.6 Å². The van der Waals surface area contributed by atoms with E-state index in [4.69, 9.17) is 4.74 Å². The summed E-state index contributed by atoms with van der Waals surface area (Å²) in [7, 11) is 1.65. The third kappa shape index (κ3) is 4.34. The molecule has 4 rings (SSSR count). The molecular formula is C23H27N5O. The van der Waals surface area contributed by atoms with Crippen molar-refractivity contribution in [1.82, 2.24) is 14.5 Å². The van der Waals surface area contributed by atoms with Crippen molar-refractivity contribution in [2.24, 2.45) is 11.3 Å². The molecule has 2 atom stereocenters. The van der Waals surface area contributed by atoms with Gasteiger partial charge in [-0.25, -0.2) is 9.97 Å². The quantitative estimate of drug-likeness (QED) is 0.666. The summed E-state index contributed by atoms with van der Waals surface area (Å²) >= 11 is 0. The zero-order valence-corrected chi connectivity index (χ0v) is 17.1. The van der Waals surface area contributed by atoms with E-state index in [1.54, 1.807) is 13.3 Å². The Hall–Kier alpha value is -3.07. The zero-order valence-electron chi connectivity index (χ0n) is 17.1. The molecule has 0 radical (unpaired) electrons.